The van der Waals surface area contributed by atoms with Crippen molar-refractivity contribution in [3.63, 3.8) is 0 Å². The molecule has 2 saturated heterocycles. The Morgan fingerprint density at radius 3 is 2.10 bits per heavy atom. The van der Waals surface area contributed by atoms with Crippen LogP contribution in [0.5, 0.6) is 5.75 Å². The van der Waals surface area contributed by atoms with Crippen LogP contribution in [-0.4, -0.2) is 23.9 Å². The fraction of sp³-hybridized carbons (Fsp3) is 0.100. The Hall–Kier alpha value is -4.53. The molecule has 6 rings (SSSR count). The van der Waals surface area contributed by atoms with Gasteiger partial charge in [-0.15, -0.1) is 0 Å². The lowest BCUT2D eigenvalue weighted by atomic mass is 9.90. The molecule has 0 aromatic heterocycles. The van der Waals surface area contributed by atoms with Crippen molar-refractivity contribution in [3.8, 4) is 5.75 Å². The number of ether oxygens (including phenoxy) is 1. The Bertz CT molecular complexity index is 1550. The minimum absolute atomic E-state index is 0.268. The van der Waals surface area contributed by atoms with E-state index < -0.39 is 41.7 Å². The molecule has 2 heterocycles. The molecule has 0 unspecified atom stereocenters. The number of carbonyl (C=O) groups excluding carboxylic acids is 3. The van der Waals surface area contributed by atoms with Crippen LogP contribution in [0.3, 0.4) is 0 Å². The van der Waals surface area contributed by atoms with Crippen LogP contribution in [0.1, 0.15) is 22.0 Å². The Balaban J connectivity index is 1.33. The van der Waals surface area contributed by atoms with Crippen LogP contribution < -0.4 is 14.7 Å². The molecule has 7 nitrogen and oxygen atoms in total. The number of nitrogens with zero attached hydrogens (tertiary/aromatic N) is 2. The lowest BCUT2D eigenvalue weighted by Crippen LogP contribution is -2.37. The summed E-state index contributed by atoms with van der Waals surface area (Å²) in [5.41, 5.74) is 1.95. The molecule has 194 valence electrons. The summed E-state index contributed by atoms with van der Waals surface area (Å²) in [5, 5.41) is 2.06. The third-order valence-electron chi connectivity index (χ3n) is 6.72. The van der Waals surface area contributed by atoms with Crippen LogP contribution in [0, 0.1) is 11.7 Å². The molecule has 4 aromatic carbocycles. The van der Waals surface area contributed by atoms with E-state index in [0.717, 1.165) is 4.90 Å². The smallest absolute Gasteiger partial charge is 0.343 e. The monoisotopic (exact) mass is 542 g/mol. The van der Waals surface area contributed by atoms with Crippen LogP contribution in [0.4, 0.5) is 15.8 Å². The van der Waals surface area contributed by atoms with E-state index in [0.29, 0.717) is 27.6 Å². The van der Waals surface area contributed by atoms with E-state index in [1.54, 1.807) is 78.9 Å². The highest BCUT2D eigenvalue weighted by Gasteiger charge is 2.60. The summed E-state index contributed by atoms with van der Waals surface area (Å²) < 4.78 is 19.0. The second kappa shape index (κ2) is 9.98. The zero-order chi connectivity index (χ0) is 27.1. The number of hydrogen-bond donors (Lipinski definition) is 0. The molecule has 2 aliphatic heterocycles. The van der Waals surface area contributed by atoms with E-state index in [2.05, 4.69) is 0 Å². The fourth-order valence-electron chi connectivity index (χ4n) is 4.88. The molecule has 0 spiro atoms. The van der Waals surface area contributed by atoms with Crippen LogP contribution in [0.25, 0.3) is 0 Å². The van der Waals surface area contributed by atoms with Gasteiger partial charge in [0.25, 0.3) is 5.91 Å². The number of halogens is 2. The van der Waals surface area contributed by atoms with E-state index in [-0.39, 0.29) is 5.69 Å². The van der Waals surface area contributed by atoms with E-state index in [4.69, 9.17) is 21.2 Å². The van der Waals surface area contributed by atoms with Crippen LogP contribution >= 0.6 is 11.6 Å². The molecule has 3 atom stereocenters. The Morgan fingerprint density at radius 2 is 1.44 bits per heavy atom. The summed E-state index contributed by atoms with van der Waals surface area (Å²) in [7, 11) is 0. The lowest BCUT2D eigenvalue weighted by Gasteiger charge is -2.29. The normalized spacial score (nSPS) is 20.3. The second-order valence-electron chi connectivity index (χ2n) is 9.11. The van der Waals surface area contributed by atoms with Gasteiger partial charge in [-0.1, -0.05) is 41.9 Å². The first kappa shape index (κ1) is 24.8. The minimum Gasteiger partial charge on any atom is -0.423 e. The Labute approximate surface area is 227 Å². The number of hydroxylamine groups is 1. The number of imide groups is 1. The first-order chi connectivity index (χ1) is 18.9. The summed E-state index contributed by atoms with van der Waals surface area (Å²) >= 11 is 6.07. The topological polar surface area (TPSA) is 76.2 Å². The van der Waals surface area contributed by atoms with Gasteiger partial charge in [0.1, 0.15) is 17.5 Å². The van der Waals surface area contributed by atoms with Gasteiger partial charge < -0.3 is 4.74 Å². The highest BCUT2D eigenvalue weighted by atomic mass is 35.5. The van der Waals surface area contributed by atoms with Crippen LogP contribution in [0.15, 0.2) is 103 Å². The predicted molar refractivity (Wildman–Crippen MR) is 142 cm³/mol. The number of esters is 1. The summed E-state index contributed by atoms with van der Waals surface area (Å²) in [6, 6.07) is 26.6. The van der Waals surface area contributed by atoms with E-state index in [1.807, 2.05) is 0 Å². The molecule has 4 aromatic rings. The maximum absolute atomic E-state index is 13.7. The summed E-state index contributed by atoms with van der Waals surface area (Å²) in [6.07, 6.45) is -1.08. The van der Waals surface area contributed by atoms with Crippen LogP contribution in [0.2, 0.25) is 5.02 Å². The molecule has 0 saturated carbocycles. The van der Waals surface area contributed by atoms with Gasteiger partial charge in [-0.3, -0.25) is 14.4 Å². The van der Waals surface area contributed by atoms with Crippen molar-refractivity contribution in [2.45, 2.75) is 12.1 Å². The Morgan fingerprint density at radius 1 is 0.795 bits per heavy atom. The number of rotatable bonds is 5. The molecule has 0 aliphatic carbocycles. The summed E-state index contributed by atoms with van der Waals surface area (Å²) in [4.78, 5) is 46.7. The SMILES string of the molecule is O=C(Oc1ccc([C@H]2[C@@H]3C(=O)N(c4ccc(F)cc4)C(=O)[C@H]3ON2c2ccc(Cl)cc2)cc1)c1ccccc1. The van der Waals surface area contributed by atoms with Crippen molar-refractivity contribution in [1.29, 1.82) is 0 Å². The van der Waals surface area contributed by atoms with Gasteiger partial charge in [-0.2, -0.15) is 0 Å². The van der Waals surface area contributed by atoms with Crippen molar-refractivity contribution in [2.75, 3.05) is 9.96 Å². The number of anilines is 2. The standard InChI is InChI=1S/C30H20ClFN2O5/c31-20-8-12-23(13-9-20)34-26(18-6-16-24(17-7-18)38-30(37)19-4-2-1-3-5-19)25-27(39-34)29(36)33(28(25)35)22-14-10-21(32)11-15-22/h1-17,25-27H/t25-,26-,27-/m0/s1. The molecule has 2 aliphatic rings. The third-order valence-corrected chi connectivity index (χ3v) is 6.97. The molecule has 2 amide bonds. The van der Waals surface area contributed by atoms with Gasteiger partial charge >= 0.3 is 5.97 Å². The van der Waals surface area contributed by atoms with Gasteiger partial charge in [-0.25, -0.2) is 19.1 Å². The molecule has 0 N–H and O–H groups in total. The molecular weight excluding hydrogens is 523 g/mol. The summed E-state index contributed by atoms with van der Waals surface area (Å²) in [5.74, 6) is -2.53. The molecule has 0 radical (unpaired) electrons. The highest BCUT2D eigenvalue weighted by Crippen LogP contribution is 2.48. The minimum atomic E-state index is -1.08. The zero-order valence-corrected chi connectivity index (χ0v) is 21.0. The second-order valence-corrected chi connectivity index (χ2v) is 9.55. The number of benzene rings is 4. The third kappa shape index (κ3) is 4.54. The van der Waals surface area contributed by atoms with Crippen LogP contribution in [-0.2, 0) is 14.4 Å². The average molecular weight is 543 g/mol. The lowest BCUT2D eigenvalue weighted by molar-refractivity contribution is -0.126. The van der Waals surface area contributed by atoms with Gasteiger partial charge in [0, 0.05) is 5.02 Å². The maximum atomic E-state index is 13.7. The first-order valence-corrected chi connectivity index (χ1v) is 12.5. The van der Waals surface area contributed by atoms with Gasteiger partial charge in [-0.05, 0) is 78.4 Å². The molecule has 39 heavy (non-hydrogen) atoms. The summed E-state index contributed by atoms with van der Waals surface area (Å²) in [6.45, 7) is 0. The van der Waals surface area contributed by atoms with E-state index in [9.17, 15) is 18.8 Å². The Kier molecular flexibility index (Phi) is 6.34. The first-order valence-electron chi connectivity index (χ1n) is 12.1. The van der Waals surface area contributed by atoms with E-state index >= 15 is 0 Å². The average Bonchev–Trinajstić information content (AvgIpc) is 3.46. The largest absolute Gasteiger partial charge is 0.423 e. The van der Waals surface area contributed by atoms with Crippen molar-refractivity contribution < 1.29 is 28.3 Å². The van der Waals surface area contributed by atoms with Gasteiger partial charge in [0.05, 0.1) is 23.0 Å². The van der Waals surface area contributed by atoms with Crippen molar-refractivity contribution >= 4 is 40.8 Å². The predicted octanol–water partition coefficient (Wildman–Crippen LogP) is 5.75. The van der Waals surface area contributed by atoms with Crippen molar-refractivity contribution in [3.05, 3.63) is 125 Å². The zero-order valence-electron chi connectivity index (χ0n) is 20.2. The highest BCUT2D eigenvalue weighted by molar-refractivity contribution is 6.30. The van der Waals surface area contributed by atoms with Crippen molar-refractivity contribution in [2.24, 2.45) is 5.92 Å². The quantitative estimate of drug-likeness (QED) is 0.182. The van der Waals surface area contributed by atoms with Gasteiger partial charge in [0.2, 0.25) is 5.91 Å². The van der Waals surface area contributed by atoms with E-state index in [1.165, 1.54) is 29.3 Å². The number of fused-ring (bicyclic) bond motifs is 1. The number of carbonyl (C=O) groups is 3. The molecule has 0 bridgehead atoms. The number of amides is 2. The molecule has 2 fully saturated rings. The van der Waals surface area contributed by atoms with Gasteiger partial charge in [0.15, 0.2) is 6.10 Å². The molecular formula is C30H20ClFN2O5. The fourth-order valence-corrected chi connectivity index (χ4v) is 5.01. The molecule has 9 heteroatoms. The maximum Gasteiger partial charge on any atom is 0.343 e. The van der Waals surface area contributed by atoms with Crippen molar-refractivity contribution in [1.82, 2.24) is 0 Å². The number of hydrogen-bond acceptors (Lipinski definition) is 6.